The average Bonchev–Trinajstić information content (AvgIpc) is 3.15. The molecule has 3 atom stereocenters. The van der Waals surface area contributed by atoms with E-state index in [1.54, 1.807) is 5.32 Å². The fourth-order valence-electron chi connectivity index (χ4n) is 2.94. The summed E-state index contributed by atoms with van der Waals surface area (Å²) in [7, 11) is 2.35. The second-order valence-electron chi connectivity index (χ2n) is 6.89. The van der Waals surface area contributed by atoms with Crippen LogP contribution in [0.1, 0.15) is 12.6 Å². The Bertz CT molecular complexity index is 1000. The standard InChI is InChI=1S/C18H23F3N4O7S2/c1-2-13(28)24(4-6-34-33-5-3-22-16(30)18(19,20)21)10-8-25(17(31)23-15(10)29)14-7-11(27)12(9-26)32-14/h2,8,11-12,14,26-27H,1,3-7,9H2,(H,22,30)(H,23,29,31)/t11-,12+,14+/m0/s1. The molecule has 0 radical (unpaired) electrons. The van der Waals surface area contributed by atoms with Crippen LogP contribution in [-0.4, -0.2) is 81.2 Å². The molecule has 2 heterocycles. The molecule has 2 amide bonds. The van der Waals surface area contributed by atoms with Crippen molar-refractivity contribution in [1.82, 2.24) is 14.9 Å². The minimum atomic E-state index is -4.95. The van der Waals surface area contributed by atoms with E-state index in [0.29, 0.717) is 0 Å². The minimum absolute atomic E-state index is 0.00781. The van der Waals surface area contributed by atoms with Crippen molar-refractivity contribution in [2.45, 2.75) is 31.0 Å². The SMILES string of the molecule is C=CC(=O)N(CCSSCCNC(=O)C(F)(F)F)c1cn([C@H]2C[C@H](O)[C@@H](CO)O2)c(=O)[nH]c1=O. The van der Waals surface area contributed by atoms with Crippen molar-refractivity contribution in [2.24, 2.45) is 0 Å². The van der Waals surface area contributed by atoms with Crippen LogP contribution in [0.5, 0.6) is 0 Å². The number of H-pyrrole nitrogens is 1. The average molecular weight is 529 g/mol. The number of anilines is 1. The Morgan fingerprint density at radius 2 is 2.03 bits per heavy atom. The van der Waals surface area contributed by atoms with Gasteiger partial charge in [0.2, 0.25) is 0 Å². The second-order valence-corrected chi connectivity index (χ2v) is 9.59. The van der Waals surface area contributed by atoms with Crippen molar-refractivity contribution in [3.05, 3.63) is 39.7 Å². The summed E-state index contributed by atoms with van der Waals surface area (Å²) in [5.74, 6) is -2.25. The molecule has 16 heteroatoms. The first kappa shape index (κ1) is 28.0. The number of aromatic nitrogens is 2. The molecule has 1 aliphatic rings. The molecular formula is C18H23F3N4O7S2. The Hall–Kier alpha value is -2.27. The zero-order valence-corrected chi connectivity index (χ0v) is 19.2. The van der Waals surface area contributed by atoms with Crippen molar-refractivity contribution in [3.63, 3.8) is 0 Å². The molecule has 0 bridgehead atoms. The molecule has 34 heavy (non-hydrogen) atoms. The van der Waals surface area contributed by atoms with Crippen LogP contribution in [-0.2, 0) is 14.3 Å². The summed E-state index contributed by atoms with van der Waals surface area (Å²) >= 11 is 0. The highest BCUT2D eigenvalue weighted by Gasteiger charge is 2.38. The van der Waals surface area contributed by atoms with Crippen molar-refractivity contribution in [1.29, 1.82) is 0 Å². The summed E-state index contributed by atoms with van der Waals surface area (Å²) in [6.45, 7) is 2.70. The number of carbonyl (C=O) groups is 2. The predicted octanol–water partition coefficient (Wildman–Crippen LogP) is -0.244. The quantitative estimate of drug-likeness (QED) is 0.173. The lowest BCUT2D eigenvalue weighted by Gasteiger charge is -2.22. The molecule has 0 saturated carbocycles. The number of alkyl halides is 3. The number of nitrogens with zero attached hydrogens (tertiary/aromatic N) is 2. The van der Waals surface area contributed by atoms with E-state index in [9.17, 15) is 42.6 Å². The van der Waals surface area contributed by atoms with Gasteiger partial charge in [-0.3, -0.25) is 23.9 Å². The number of aliphatic hydroxyl groups is 2. The van der Waals surface area contributed by atoms with Crippen LogP contribution in [0.2, 0.25) is 0 Å². The van der Waals surface area contributed by atoms with Gasteiger partial charge in [0, 0.05) is 37.2 Å². The maximum Gasteiger partial charge on any atom is 0.471 e. The van der Waals surface area contributed by atoms with Gasteiger partial charge in [-0.25, -0.2) is 4.79 Å². The van der Waals surface area contributed by atoms with Gasteiger partial charge in [-0.1, -0.05) is 28.2 Å². The van der Waals surface area contributed by atoms with Crippen LogP contribution in [0.3, 0.4) is 0 Å². The number of rotatable bonds is 11. The van der Waals surface area contributed by atoms with Crippen molar-refractivity contribution < 1.29 is 37.7 Å². The first-order valence-corrected chi connectivity index (χ1v) is 12.3. The monoisotopic (exact) mass is 528 g/mol. The Morgan fingerprint density at radius 1 is 1.35 bits per heavy atom. The van der Waals surface area contributed by atoms with E-state index in [1.807, 2.05) is 0 Å². The Kier molecular flexibility index (Phi) is 10.2. The van der Waals surface area contributed by atoms with Crippen LogP contribution in [0.15, 0.2) is 28.4 Å². The van der Waals surface area contributed by atoms with E-state index < -0.39 is 54.3 Å². The molecule has 0 aromatic carbocycles. The largest absolute Gasteiger partial charge is 0.471 e. The topological polar surface area (TPSA) is 154 Å². The third kappa shape index (κ3) is 7.36. The fraction of sp³-hybridized carbons (Fsp3) is 0.556. The predicted molar refractivity (Wildman–Crippen MR) is 119 cm³/mol. The first-order chi connectivity index (χ1) is 16.0. The normalized spacial score (nSPS) is 20.2. The first-order valence-electron chi connectivity index (χ1n) is 9.82. The molecule has 0 spiro atoms. The van der Waals surface area contributed by atoms with Gasteiger partial charge in [0.15, 0.2) is 0 Å². The molecule has 1 fully saturated rings. The van der Waals surface area contributed by atoms with Gasteiger partial charge in [0.05, 0.1) is 12.7 Å². The number of amides is 2. The van der Waals surface area contributed by atoms with Gasteiger partial charge >= 0.3 is 17.8 Å². The minimum Gasteiger partial charge on any atom is -0.394 e. The molecule has 4 N–H and O–H groups in total. The van der Waals surface area contributed by atoms with E-state index in [4.69, 9.17) is 4.74 Å². The van der Waals surface area contributed by atoms with E-state index >= 15 is 0 Å². The van der Waals surface area contributed by atoms with Gasteiger partial charge in [-0.05, 0) is 6.08 Å². The molecule has 0 unspecified atom stereocenters. The van der Waals surface area contributed by atoms with Gasteiger partial charge in [-0.15, -0.1) is 0 Å². The highest BCUT2D eigenvalue weighted by Crippen LogP contribution is 2.28. The van der Waals surface area contributed by atoms with Crippen LogP contribution < -0.4 is 21.5 Å². The Morgan fingerprint density at radius 3 is 2.62 bits per heavy atom. The highest BCUT2D eigenvalue weighted by atomic mass is 33.1. The third-order valence-electron chi connectivity index (χ3n) is 4.58. The van der Waals surface area contributed by atoms with Crippen molar-refractivity contribution >= 4 is 39.1 Å². The van der Waals surface area contributed by atoms with Gasteiger partial charge in [-0.2, -0.15) is 13.2 Å². The van der Waals surface area contributed by atoms with E-state index in [0.717, 1.165) is 32.5 Å². The molecule has 1 aromatic heterocycles. The number of ether oxygens (including phenoxy) is 1. The molecule has 0 aliphatic carbocycles. The number of aliphatic hydroxyl groups excluding tert-OH is 2. The zero-order valence-electron chi connectivity index (χ0n) is 17.6. The van der Waals surface area contributed by atoms with Gasteiger partial charge in [0.25, 0.3) is 11.5 Å². The van der Waals surface area contributed by atoms with Crippen LogP contribution in [0, 0.1) is 0 Å². The number of carbonyl (C=O) groups excluding carboxylic acids is 2. The maximum absolute atomic E-state index is 12.4. The number of halogens is 3. The molecule has 190 valence electrons. The lowest BCUT2D eigenvalue weighted by atomic mass is 10.2. The highest BCUT2D eigenvalue weighted by molar-refractivity contribution is 8.76. The summed E-state index contributed by atoms with van der Waals surface area (Å²) in [5.41, 5.74) is -1.86. The summed E-state index contributed by atoms with van der Waals surface area (Å²) in [5, 5.41) is 20.9. The van der Waals surface area contributed by atoms with Crippen LogP contribution >= 0.6 is 21.6 Å². The van der Waals surface area contributed by atoms with Crippen molar-refractivity contribution in [3.8, 4) is 0 Å². The van der Waals surface area contributed by atoms with E-state index in [-0.39, 0.29) is 36.7 Å². The molecule has 2 rings (SSSR count). The number of aromatic amines is 1. The smallest absolute Gasteiger partial charge is 0.394 e. The summed E-state index contributed by atoms with van der Waals surface area (Å²) < 4.78 is 42.8. The Balaban J connectivity index is 2.03. The maximum atomic E-state index is 12.4. The van der Waals surface area contributed by atoms with Gasteiger partial charge < -0.3 is 25.2 Å². The molecular weight excluding hydrogens is 505 g/mol. The van der Waals surface area contributed by atoms with E-state index in [1.165, 1.54) is 10.8 Å². The summed E-state index contributed by atoms with van der Waals surface area (Å²) in [4.78, 5) is 50.9. The van der Waals surface area contributed by atoms with Crippen LogP contribution in [0.4, 0.5) is 18.9 Å². The lowest BCUT2D eigenvalue weighted by Crippen LogP contribution is -2.40. The molecule has 11 nitrogen and oxygen atoms in total. The summed E-state index contributed by atoms with van der Waals surface area (Å²) in [6.07, 6.45) is -5.81. The zero-order chi connectivity index (χ0) is 25.5. The van der Waals surface area contributed by atoms with Crippen LogP contribution in [0.25, 0.3) is 0 Å². The number of hydrogen-bond donors (Lipinski definition) is 4. The number of nitrogens with one attached hydrogen (secondary N) is 2. The fourth-order valence-corrected chi connectivity index (χ4v) is 4.80. The number of hydrogen-bond acceptors (Lipinski definition) is 9. The molecule has 1 saturated heterocycles. The van der Waals surface area contributed by atoms with Gasteiger partial charge in [0.1, 0.15) is 18.0 Å². The molecule has 1 aromatic rings. The third-order valence-corrected chi connectivity index (χ3v) is 6.97. The van der Waals surface area contributed by atoms with E-state index in [2.05, 4.69) is 11.6 Å². The molecule has 1 aliphatic heterocycles. The van der Waals surface area contributed by atoms with Crippen molar-refractivity contribution in [2.75, 3.05) is 36.1 Å². The lowest BCUT2D eigenvalue weighted by molar-refractivity contribution is -0.173. The second kappa shape index (κ2) is 12.4. The Labute approximate surface area is 198 Å². The summed E-state index contributed by atoms with van der Waals surface area (Å²) in [6, 6.07) is 0.